The normalized spacial score (nSPS) is 13.0. The van der Waals surface area contributed by atoms with Crippen LogP contribution in [0, 0.1) is 23.3 Å². The second-order valence-electron chi connectivity index (χ2n) is 6.78. The van der Waals surface area contributed by atoms with Gasteiger partial charge in [0.15, 0.2) is 17.5 Å². The molecular weight excluding hydrogens is 388 g/mol. The number of benzene rings is 2. The lowest BCUT2D eigenvalue weighted by Gasteiger charge is -2.19. The lowest BCUT2D eigenvalue weighted by Crippen LogP contribution is -2.16. The first-order chi connectivity index (χ1) is 13.9. The molecule has 0 fully saturated rings. The van der Waals surface area contributed by atoms with Crippen LogP contribution in [0.25, 0.3) is 0 Å². The summed E-state index contributed by atoms with van der Waals surface area (Å²) in [5, 5.41) is 5.60. The highest BCUT2D eigenvalue weighted by molar-refractivity contribution is 6.03. The molecule has 5 nitrogen and oxygen atoms in total. The van der Waals surface area contributed by atoms with E-state index >= 15 is 0 Å². The predicted molar refractivity (Wildman–Crippen MR) is 98.8 cm³/mol. The number of amides is 1. The van der Waals surface area contributed by atoms with Crippen LogP contribution in [0.2, 0.25) is 0 Å². The summed E-state index contributed by atoms with van der Waals surface area (Å²) < 4.78 is 55.4. The fraction of sp³-hybridized carbons (Fsp3) is 0.200. The number of rotatable bonds is 4. The Balaban J connectivity index is 1.49. The molecule has 0 saturated carbocycles. The summed E-state index contributed by atoms with van der Waals surface area (Å²) in [7, 11) is 0. The molecule has 1 aromatic heterocycles. The van der Waals surface area contributed by atoms with Crippen molar-refractivity contribution in [2.45, 2.75) is 19.4 Å². The number of fused-ring (bicyclic) bond motifs is 1. The van der Waals surface area contributed by atoms with Gasteiger partial charge in [0.1, 0.15) is 11.5 Å². The zero-order chi connectivity index (χ0) is 20.5. The SMILES string of the molecule is O=C(Nc1cc2c(cc1F)NCCC2)c1cn(Cc2cc(F)c(F)c(F)c2)cn1. The summed E-state index contributed by atoms with van der Waals surface area (Å²) in [5.41, 5.74) is 1.85. The van der Waals surface area contributed by atoms with Gasteiger partial charge in [-0.25, -0.2) is 22.5 Å². The molecule has 0 aliphatic carbocycles. The summed E-state index contributed by atoms with van der Waals surface area (Å²) in [4.78, 5) is 16.4. The zero-order valence-corrected chi connectivity index (χ0v) is 15.1. The van der Waals surface area contributed by atoms with Crippen molar-refractivity contribution < 1.29 is 22.4 Å². The van der Waals surface area contributed by atoms with Crippen LogP contribution in [0.15, 0.2) is 36.8 Å². The van der Waals surface area contributed by atoms with Crippen LogP contribution in [-0.4, -0.2) is 22.0 Å². The first-order valence-corrected chi connectivity index (χ1v) is 8.93. The Labute approximate surface area is 163 Å². The number of carbonyl (C=O) groups excluding carboxylic acids is 1. The average molecular weight is 404 g/mol. The highest BCUT2D eigenvalue weighted by atomic mass is 19.2. The summed E-state index contributed by atoms with van der Waals surface area (Å²) >= 11 is 0. The number of hydrogen-bond acceptors (Lipinski definition) is 3. The summed E-state index contributed by atoms with van der Waals surface area (Å²) in [6, 6.07) is 4.68. The van der Waals surface area contributed by atoms with E-state index in [9.17, 15) is 22.4 Å². The molecule has 0 atom stereocenters. The molecule has 29 heavy (non-hydrogen) atoms. The number of aromatic nitrogens is 2. The van der Waals surface area contributed by atoms with Gasteiger partial charge < -0.3 is 15.2 Å². The molecule has 0 saturated heterocycles. The van der Waals surface area contributed by atoms with Gasteiger partial charge in [0.05, 0.1) is 12.0 Å². The molecule has 1 amide bonds. The maximum Gasteiger partial charge on any atom is 0.275 e. The van der Waals surface area contributed by atoms with Gasteiger partial charge in [-0.2, -0.15) is 0 Å². The Morgan fingerprint density at radius 1 is 1.10 bits per heavy atom. The topological polar surface area (TPSA) is 59.0 Å². The minimum absolute atomic E-state index is 0.00306. The zero-order valence-electron chi connectivity index (χ0n) is 15.1. The number of carbonyl (C=O) groups is 1. The van der Waals surface area contributed by atoms with Crippen molar-refractivity contribution in [1.29, 1.82) is 0 Å². The van der Waals surface area contributed by atoms with Crippen molar-refractivity contribution in [3.8, 4) is 0 Å². The number of nitrogens with zero attached hydrogens (tertiary/aromatic N) is 2. The van der Waals surface area contributed by atoms with Crippen LogP contribution in [0.5, 0.6) is 0 Å². The Hall–Kier alpha value is -3.36. The van der Waals surface area contributed by atoms with E-state index in [0.717, 1.165) is 42.8 Å². The summed E-state index contributed by atoms with van der Waals surface area (Å²) in [6.07, 6.45) is 4.35. The first-order valence-electron chi connectivity index (χ1n) is 8.93. The molecule has 1 aliphatic rings. The second kappa shape index (κ2) is 7.57. The highest BCUT2D eigenvalue weighted by Crippen LogP contribution is 2.28. The van der Waals surface area contributed by atoms with Crippen LogP contribution in [0.3, 0.4) is 0 Å². The van der Waals surface area contributed by atoms with Crippen LogP contribution in [-0.2, 0) is 13.0 Å². The Bertz CT molecular complexity index is 1070. The number of imidazole rings is 1. The molecule has 2 N–H and O–H groups in total. The van der Waals surface area contributed by atoms with Gasteiger partial charge in [-0.15, -0.1) is 0 Å². The average Bonchev–Trinajstić information content (AvgIpc) is 3.15. The maximum absolute atomic E-state index is 14.3. The Morgan fingerprint density at radius 3 is 2.62 bits per heavy atom. The van der Waals surface area contributed by atoms with Crippen molar-refractivity contribution in [3.63, 3.8) is 0 Å². The number of aryl methyl sites for hydroxylation is 1. The third-order valence-corrected chi connectivity index (χ3v) is 4.65. The van der Waals surface area contributed by atoms with Gasteiger partial charge in [-0.3, -0.25) is 4.79 Å². The molecule has 2 heterocycles. The van der Waals surface area contributed by atoms with E-state index in [1.165, 1.54) is 23.2 Å². The standard InChI is InChI=1S/C20H16F4N4O/c21-13-7-16-12(2-1-3-25-16)6-17(13)27-20(29)18-9-28(10-26-18)8-11-4-14(22)19(24)15(23)5-11/h4-7,9-10,25H,1-3,8H2,(H,27,29). The van der Waals surface area contributed by atoms with E-state index in [4.69, 9.17) is 0 Å². The van der Waals surface area contributed by atoms with Gasteiger partial charge in [-0.05, 0) is 48.2 Å². The third-order valence-electron chi connectivity index (χ3n) is 4.65. The Morgan fingerprint density at radius 2 is 1.86 bits per heavy atom. The largest absolute Gasteiger partial charge is 0.385 e. The molecule has 0 radical (unpaired) electrons. The molecule has 150 valence electrons. The second-order valence-corrected chi connectivity index (χ2v) is 6.78. The number of nitrogens with one attached hydrogen (secondary N) is 2. The molecule has 3 aromatic rings. The van der Waals surface area contributed by atoms with Crippen LogP contribution < -0.4 is 10.6 Å². The van der Waals surface area contributed by atoms with E-state index in [0.29, 0.717) is 0 Å². The van der Waals surface area contributed by atoms with Crippen LogP contribution in [0.1, 0.15) is 28.0 Å². The quantitative estimate of drug-likeness (QED) is 0.509. The van der Waals surface area contributed by atoms with Crippen molar-refractivity contribution >= 4 is 17.3 Å². The fourth-order valence-corrected chi connectivity index (χ4v) is 3.25. The molecule has 4 rings (SSSR count). The smallest absolute Gasteiger partial charge is 0.275 e. The van der Waals surface area contributed by atoms with Crippen LogP contribution >= 0.6 is 0 Å². The minimum Gasteiger partial charge on any atom is -0.385 e. The number of hydrogen-bond donors (Lipinski definition) is 2. The fourth-order valence-electron chi connectivity index (χ4n) is 3.25. The summed E-state index contributed by atoms with van der Waals surface area (Å²) in [5.74, 6) is -5.32. The van der Waals surface area contributed by atoms with Crippen molar-refractivity contribution in [2.75, 3.05) is 17.2 Å². The molecule has 1 aliphatic heterocycles. The molecular formula is C20H16F4N4O. The monoisotopic (exact) mass is 404 g/mol. The van der Waals surface area contributed by atoms with Gasteiger partial charge in [-0.1, -0.05) is 0 Å². The van der Waals surface area contributed by atoms with Gasteiger partial charge in [0.2, 0.25) is 0 Å². The predicted octanol–water partition coefficient (Wildman–Crippen LogP) is 4.10. The Kier molecular flexibility index (Phi) is 4.96. The van der Waals surface area contributed by atoms with Crippen molar-refractivity contribution in [1.82, 2.24) is 9.55 Å². The lowest BCUT2D eigenvalue weighted by molar-refractivity contribution is 0.102. The van der Waals surface area contributed by atoms with E-state index in [2.05, 4.69) is 15.6 Å². The summed E-state index contributed by atoms with van der Waals surface area (Å²) in [6.45, 7) is 0.755. The van der Waals surface area contributed by atoms with Crippen molar-refractivity contribution in [3.05, 3.63) is 76.9 Å². The third kappa shape index (κ3) is 3.94. The number of halogens is 4. The van der Waals surface area contributed by atoms with Gasteiger partial charge in [0.25, 0.3) is 5.91 Å². The molecule has 9 heteroatoms. The molecule has 0 spiro atoms. The lowest BCUT2D eigenvalue weighted by atomic mass is 10.0. The van der Waals surface area contributed by atoms with E-state index < -0.39 is 29.2 Å². The maximum atomic E-state index is 14.3. The minimum atomic E-state index is -1.54. The van der Waals surface area contributed by atoms with Gasteiger partial charge >= 0.3 is 0 Å². The van der Waals surface area contributed by atoms with E-state index in [-0.39, 0.29) is 23.5 Å². The molecule has 2 aromatic carbocycles. The van der Waals surface area contributed by atoms with Gasteiger partial charge in [0, 0.05) is 25.0 Å². The first kappa shape index (κ1) is 19.0. The van der Waals surface area contributed by atoms with Crippen molar-refractivity contribution in [2.24, 2.45) is 0 Å². The molecule has 0 unspecified atom stereocenters. The molecule has 0 bridgehead atoms. The highest BCUT2D eigenvalue weighted by Gasteiger charge is 2.17. The van der Waals surface area contributed by atoms with E-state index in [1.807, 2.05) is 0 Å². The van der Waals surface area contributed by atoms with E-state index in [1.54, 1.807) is 6.07 Å². The van der Waals surface area contributed by atoms with Crippen LogP contribution in [0.4, 0.5) is 28.9 Å². The number of anilines is 2.